The molecule has 2 aromatic carbocycles. The number of aromatic nitrogens is 2. The summed E-state index contributed by atoms with van der Waals surface area (Å²) in [4.78, 5) is 8.31. The number of hydrogen-bond acceptors (Lipinski definition) is 6. The summed E-state index contributed by atoms with van der Waals surface area (Å²) in [6.45, 7) is 43.3. The molecule has 0 amide bonds. The largest absolute Gasteiger partial charge is 0.384 e. The molecule has 2 aliphatic rings. The fourth-order valence-electron chi connectivity index (χ4n) is 9.31. The van der Waals surface area contributed by atoms with E-state index >= 15 is 0 Å². The van der Waals surface area contributed by atoms with Gasteiger partial charge >= 0.3 is 0 Å². The molecule has 0 spiro atoms. The van der Waals surface area contributed by atoms with Crippen LogP contribution in [0.1, 0.15) is 78.2 Å². The first-order chi connectivity index (χ1) is 28.9. The topological polar surface area (TPSA) is 75.3 Å². The van der Waals surface area contributed by atoms with Crippen molar-refractivity contribution in [2.75, 3.05) is 51.1 Å². The first-order valence-electron chi connectivity index (χ1n) is 22.0. The summed E-state index contributed by atoms with van der Waals surface area (Å²) in [6, 6.07) is 11.6. The second kappa shape index (κ2) is 20.2. The van der Waals surface area contributed by atoms with Gasteiger partial charge < -0.3 is 35.7 Å². The molecule has 4 heterocycles. The van der Waals surface area contributed by atoms with Crippen LogP contribution in [0.15, 0.2) is 97.3 Å². The van der Waals surface area contributed by atoms with Crippen molar-refractivity contribution >= 4 is 53.2 Å². The number of benzene rings is 2. The molecule has 1 saturated heterocycles. The average Bonchev–Trinajstić information content (AvgIpc) is 3.79. The Morgan fingerprint density at radius 2 is 1.68 bits per heavy atom. The van der Waals surface area contributed by atoms with E-state index in [0.29, 0.717) is 0 Å². The number of unbranched alkanes of at least 4 members (excludes halogenated alkanes) is 4. The molecule has 0 bridgehead atoms. The lowest BCUT2D eigenvalue weighted by molar-refractivity contribution is 0.157. The quantitative estimate of drug-likeness (QED) is 0.0533. The maximum absolute atomic E-state index is 14.1. The van der Waals surface area contributed by atoms with Gasteiger partial charge in [0.05, 0.1) is 6.04 Å². The Morgan fingerprint density at radius 1 is 0.933 bits per heavy atom. The van der Waals surface area contributed by atoms with Crippen LogP contribution >= 0.6 is 0 Å². The van der Waals surface area contributed by atoms with Crippen LogP contribution in [0.2, 0.25) is 0 Å². The van der Waals surface area contributed by atoms with E-state index in [1.807, 2.05) is 0 Å². The van der Waals surface area contributed by atoms with Gasteiger partial charge in [-0.15, -0.1) is 0 Å². The monoisotopic (exact) mass is 813 g/mol. The van der Waals surface area contributed by atoms with Gasteiger partial charge in [0.25, 0.3) is 0 Å². The lowest BCUT2D eigenvalue weighted by Gasteiger charge is -2.37. The molecule has 3 unspecified atom stereocenters. The van der Waals surface area contributed by atoms with Gasteiger partial charge in [-0.05, 0) is 82.0 Å². The van der Waals surface area contributed by atoms with Gasteiger partial charge in [0.1, 0.15) is 5.82 Å². The van der Waals surface area contributed by atoms with E-state index in [1.54, 1.807) is 18.3 Å². The van der Waals surface area contributed by atoms with Crippen molar-refractivity contribution in [2.45, 2.75) is 84.2 Å². The van der Waals surface area contributed by atoms with E-state index in [-0.39, 0.29) is 23.8 Å². The molecule has 0 saturated carbocycles. The van der Waals surface area contributed by atoms with Crippen molar-refractivity contribution in [1.82, 2.24) is 35.3 Å². The predicted molar refractivity (Wildman–Crippen MR) is 255 cm³/mol. The second-order valence-electron chi connectivity index (χ2n) is 16.9. The van der Waals surface area contributed by atoms with Crippen molar-refractivity contribution in [3.63, 3.8) is 0 Å². The van der Waals surface area contributed by atoms with Gasteiger partial charge in [0.15, 0.2) is 0 Å². The van der Waals surface area contributed by atoms with Crippen LogP contribution in [0.3, 0.4) is 0 Å². The number of piperazine rings is 1. The third kappa shape index (κ3) is 10.3. The Morgan fingerprint density at radius 3 is 2.45 bits per heavy atom. The molecular formula is C51H69FN8. The number of aromatic amines is 1. The number of nitrogens with zero attached hydrogens (tertiary/aromatic N) is 3. The number of hydrogen-bond donors (Lipinski definition) is 5. The minimum Gasteiger partial charge on any atom is -0.384 e. The smallest absolute Gasteiger partial charge is 0.123 e. The Labute approximate surface area is 357 Å². The number of nitrogens with one attached hydrogen (secondary N) is 5. The summed E-state index contributed by atoms with van der Waals surface area (Å²) in [5.41, 5.74) is 7.61. The number of allylic oxidation sites excluding steroid dienone is 4. The lowest BCUT2D eigenvalue weighted by Crippen LogP contribution is -2.47. The molecule has 1 fully saturated rings. The summed E-state index contributed by atoms with van der Waals surface area (Å²) < 4.78 is 16.3. The third-order valence-electron chi connectivity index (χ3n) is 12.7. The summed E-state index contributed by atoms with van der Waals surface area (Å²) in [6.07, 6.45) is 12.8. The minimum atomic E-state index is -0.244. The summed E-state index contributed by atoms with van der Waals surface area (Å²) in [5, 5.41) is 21.1. The Kier molecular flexibility index (Phi) is 14.9. The Hall–Kier alpha value is -5.41. The van der Waals surface area contributed by atoms with E-state index in [4.69, 9.17) is 0 Å². The van der Waals surface area contributed by atoms with Crippen molar-refractivity contribution in [2.24, 2.45) is 5.92 Å². The van der Waals surface area contributed by atoms with Crippen LogP contribution in [-0.2, 0) is 0 Å². The van der Waals surface area contributed by atoms with Crippen molar-refractivity contribution in [1.29, 1.82) is 0 Å². The van der Waals surface area contributed by atoms with E-state index in [1.165, 1.54) is 53.8 Å². The number of anilines is 1. The van der Waals surface area contributed by atoms with Gasteiger partial charge in [-0.2, -0.15) is 0 Å². The second-order valence-corrected chi connectivity index (χ2v) is 16.9. The highest BCUT2D eigenvalue weighted by Crippen LogP contribution is 2.30. The Bertz CT molecular complexity index is 2440. The first-order valence-corrected chi connectivity index (χ1v) is 22.0. The van der Waals surface area contributed by atoms with Crippen LogP contribution in [0.5, 0.6) is 0 Å². The van der Waals surface area contributed by atoms with Crippen molar-refractivity contribution < 1.29 is 4.39 Å². The highest BCUT2D eigenvalue weighted by atomic mass is 19.1. The molecule has 9 heteroatoms. The molecule has 0 radical (unpaired) electrons. The zero-order valence-corrected chi connectivity index (χ0v) is 36.6. The predicted octanol–water partition coefficient (Wildman–Crippen LogP) is 7.43. The summed E-state index contributed by atoms with van der Waals surface area (Å²) in [5.74, 6) is -0.0333. The van der Waals surface area contributed by atoms with E-state index < -0.39 is 0 Å². The number of halogens is 1. The molecule has 2 aliphatic heterocycles. The Balaban J connectivity index is 0.848. The van der Waals surface area contributed by atoms with E-state index in [2.05, 4.69) is 132 Å². The van der Waals surface area contributed by atoms with Crippen LogP contribution in [0, 0.1) is 11.7 Å². The summed E-state index contributed by atoms with van der Waals surface area (Å²) >= 11 is 0. The minimum absolute atomic E-state index is 0.0687. The SMILES string of the molecule is C=CNC(=C)CCC(C)n1c(=C)c2cccc(NCCCCCCCC(=C)N3CCN(CCNC(=C)C4=C(C)NC(/C=c5\c(=C)[nH]c6ccc(F)cc56)C4C)CC3)c2c1=C. The fourth-order valence-corrected chi connectivity index (χ4v) is 9.31. The van der Waals surface area contributed by atoms with Crippen molar-refractivity contribution in [3.05, 3.63) is 124 Å². The molecule has 4 aromatic rings. The zero-order chi connectivity index (χ0) is 42.9. The molecule has 3 atom stereocenters. The molecule has 0 aliphatic carbocycles. The van der Waals surface area contributed by atoms with Gasteiger partial charge in [-0.1, -0.05) is 90.4 Å². The van der Waals surface area contributed by atoms with Gasteiger partial charge in [0, 0.05) is 129 Å². The maximum Gasteiger partial charge on any atom is 0.123 e. The number of H-pyrrole nitrogens is 1. The van der Waals surface area contributed by atoms with Crippen LogP contribution in [0.25, 0.3) is 47.5 Å². The van der Waals surface area contributed by atoms with Crippen molar-refractivity contribution in [3.8, 4) is 0 Å². The van der Waals surface area contributed by atoms with Crippen LogP contribution < -0.4 is 42.5 Å². The molecule has 60 heavy (non-hydrogen) atoms. The highest BCUT2D eigenvalue weighted by molar-refractivity contribution is 5.94. The third-order valence-corrected chi connectivity index (χ3v) is 12.7. The van der Waals surface area contributed by atoms with Gasteiger partial charge in [-0.3, -0.25) is 4.90 Å². The standard InChI is InChI=1S/C51H69FN8/c1-11-53-34(2)21-22-36(4)60-41(9)44-19-17-20-48(51(44)42(60)10)55-25-16-14-12-13-15-18-35(3)59-30-28-58(29-31-59)27-26-54-39(7)50-37(5)49(57-40(50)8)33-45-38(6)56-47-24-23-43(52)32-46(45)47/h11,17,19-20,23-24,32-33,36-37,49,53-57H,1-3,6-7,9-10,12-16,18,21-22,25-31H2,4-5,8H3/b45-33+. The number of fused-ring (bicyclic) bond motifs is 2. The van der Waals surface area contributed by atoms with Gasteiger partial charge in [0.2, 0.25) is 0 Å². The first kappa shape index (κ1) is 44.2. The van der Waals surface area contributed by atoms with E-state index in [0.717, 1.165) is 126 Å². The zero-order valence-electron chi connectivity index (χ0n) is 36.6. The molecule has 5 N–H and O–H groups in total. The highest BCUT2D eigenvalue weighted by Gasteiger charge is 2.29. The van der Waals surface area contributed by atoms with Crippen LogP contribution in [0.4, 0.5) is 10.1 Å². The fraction of sp³-hybridized carbons (Fsp3) is 0.412. The molecular weight excluding hydrogens is 744 g/mol. The molecule has 320 valence electrons. The molecule has 8 nitrogen and oxygen atoms in total. The normalized spacial score (nSPS) is 17.9. The maximum atomic E-state index is 14.1. The molecule has 6 rings (SSSR count). The van der Waals surface area contributed by atoms with Crippen LogP contribution in [-0.4, -0.2) is 71.2 Å². The molecule has 2 aromatic heterocycles. The number of rotatable bonds is 22. The van der Waals surface area contributed by atoms with Gasteiger partial charge in [-0.25, -0.2) is 4.39 Å². The lowest BCUT2D eigenvalue weighted by atomic mass is 9.93. The average molecular weight is 813 g/mol. The van der Waals surface area contributed by atoms with E-state index in [9.17, 15) is 4.39 Å². The summed E-state index contributed by atoms with van der Waals surface area (Å²) in [7, 11) is 0.